The van der Waals surface area contributed by atoms with Crippen LogP contribution < -0.4 is 9.47 Å². The van der Waals surface area contributed by atoms with Crippen LogP contribution in [0.25, 0.3) is 10.2 Å². The fourth-order valence-electron chi connectivity index (χ4n) is 2.66. The lowest BCUT2D eigenvalue weighted by molar-refractivity contribution is 0.0742. The second kappa shape index (κ2) is 7.51. The summed E-state index contributed by atoms with van der Waals surface area (Å²) in [6.07, 6.45) is 0. The number of carbonyl (C=O) groups is 1. The number of benzene rings is 2. The third kappa shape index (κ3) is 3.34. The number of rotatable bonds is 5. The number of thiazole rings is 1. The van der Waals surface area contributed by atoms with Gasteiger partial charge >= 0.3 is 0 Å². The van der Waals surface area contributed by atoms with E-state index in [1.165, 1.54) is 14.2 Å². The van der Waals surface area contributed by atoms with Gasteiger partial charge in [-0.05, 0) is 31.2 Å². The van der Waals surface area contributed by atoms with Gasteiger partial charge in [0.2, 0.25) is 0 Å². The number of fused-ring (bicyclic) bond motifs is 1. The average molecular weight is 391 g/mol. The van der Waals surface area contributed by atoms with Gasteiger partial charge in [-0.15, -0.1) is 11.3 Å². The number of methoxy groups -OCH3 is 2. The fraction of sp³-hybridized carbons (Fsp3) is 0.263. The van der Waals surface area contributed by atoms with Gasteiger partial charge in [-0.25, -0.2) is 4.98 Å². The van der Waals surface area contributed by atoms with E-state index in [-0.39, 0.29) is 11.9 Å². The quantitative estimate of drug-likeness (QED) is 0.627. The maximum absolute atomic E-state index is 12.9. The largest absolute Gasteiger partial charge is 0.493 e. The molecule has 1 aromatic heterocycles. The van der Waals surface area contributed by atoms with Crippen LogP contribution in [0.1, 0.15) is 28.3 Å². The van der Waals surface area contributed by atoms with Crippen molar-refractivity contribution in [3.63, 3.8) is 0 Å². The molecule has 7 heteroatoms. The highest BCUT2D eigenvalue weighted by molar-refractivity contribution is 7.18. The Bertz CT molecular complexity index is 924. The Kier molecular flexibility index (Phi) is 5.34. The van der Waals surface area contributed by atoms with Crippen LogP contribution in [-0.2, 0) is 0 Å². The highest BCUT2D eigenvalue weighted by Crippen LogP contribution is 2.37. The Labute approximate surface area is 161 Å². The van der Waals surface area contributed by atoms with Crippen molar-refractivity contribution in [1.29, 1.82) is 0 Å². The van der Waals surface area contributed by atoms with Crippen LogP contribution in [0.3, 0.4) is 0 Å². The zero-order chi connectivity index (χ0) is 18.8. The Morgan fingerprint density at radius 2 is 1.96 bits per heavy atom. The maximum Gasteiger partial charge on any atom is 0.254 e. The minimum Gasteiger partial charge on any atom is -0.493 e. The second-order valence-electron chi connectivity index (χ2n) is 5.81. The molecule has 136 valence electrons. The van der Waals surface area contributed by atoms with Crippen molar-refractivity contribution in [2.24, 2.45) is 0 Å². The summed E-state index contributed by atoms with van der Waals surface area (Å²) in [6.45, 7) is 1.96. The predicted molar refractivity (Wildman–Crippen MR) is 105 cm³/mol. The first-order valence-corrected chi connectivity index (χ1v) is 9.19. The molecule has 1 atom stereocenters. The number of ether oxygens (including phenoxy) is 2. The molecule has 0 fully saturated rings. The zero-order valence-corrected chi connectivity index (χ0v) is 16.5. The normalized spacial score (nSPS) is 12.0. The summed E-state index contributed by atoms with van der Waals surface area (Å²) in [5.41, 5.74) is 1.37. The molecular formula is C19H19ClN2O3S. The standard InChI is InChI=1S/C19H19ClN2O3S/c1-11(18-21-14-7-5-6-8-16(14)26-18)22(2)19(23)12-9-13(20)17(25-4)15(10-12)24-3/h5-11H,1-4H3. The molecule has 5 nitrogen and oxygen atoms in total. The first kappa shape index (κ1) is 18.5. The number of halogens is 1. The number of carbonyl (C=O) groups excluding carboxylic acids is 1. The Morgan fingerprint density at radius 3 is 2.62 bits per heavy atom. The van der Waals surface area contributed by atoms with E-state index in [9.17, 15) is 4.79 Å². The summed E-state index contributed by atoms with van der Waals surface area (Å²) in [4.78, 5) is 19.2. The van der Waals surface area contributed by atoms with Gasteiger partial charge in [0.05, 0.1) is 35.5 Å². The third-order valence-corrected chi connectivity index (χ3v) is 5.74. The number of amides is 1. The Balaban J connectivity index is 1.90. The van der Waals surface area contributed by atoms with E-state index in [4.69, 9.17) is 21.1 Å². The number of aromatic nitrogens is 1. The van der Waals surface area contributed by atoms with Crippen molar-refractivity contribution < 1.29 is 14.3 Å². The first-order chi connectivity index (χ1) is 12.5. The molecule has 0 saturated heterocycles. The lowest BCUT2D eigenvalue weighted by Crippen LogP contribution is -2.29. The molecule has 0 saturated carbocycles. The number of hydrogen-bond acceptors (Lipinski definition) is 5. The van der Waals surface area contributed by atoms with Crippen molar-refractivity contribution in [3.05, 3.63) is 52.0 Å². The summed E-state index contributed by atoms with van der Waals surface area (Å²) in [6, 6.07) is 11.0. The lowest BCUT2D eigenvalue weighted by Gasteiger charge is -2.24. The Hall–Kier alpha value is -2.31. The average Bonchev–Trinajstić information content (AvgIpc) is 3.09. The van der Waals surface area contributed by atoms with Gasteiger partial charge in [-0.1, -0.05) is 23.7 Å². The van der Waals surface area contributed by atoms with Gasteiger partial charge in [-0.2, -0.15) is 0 Å². The molecule has 0 aliphatic carbocycles. The monoisotopic (exact) mass is 390 g/mol. The van der Waals surface area contributed by atoms with Gasteiger partial charge < -0.3 is 14.4 Å². The van der Waals surface area contributed by atoms with Gasteiger partial charge in [0.15, 0.2) is 11.5 Å². The van der Waals surface area contributed by atoms with E-state index in [0.717, 1.165) is 15.2 Å². The minimum absolute atomic E-state index is 0.167. The van der Waals surface area contributed by atoms with Crippen molar-refractivity contribution in [3.8, 4) is 11.5 Å². The van der Waals surface area contributed by atoms with E-state index in [1.54, 1.807) is 35.4 Å². The summed E-state index contributed by atoms with van der Waals surface area (Å²) in [7, 11) is 4.77. The van der Waals surface area contributed by atoms with Crippen molar-refractivity contribution >= 4 is 39.1 Å². The van der Waals surface area contributed by atoms with Crippen LogP contribution in [0, 0.1) is 0 Å². The number of nitrogens with zero attached hydrogens (tertiary/aromatic N) is 2. The van der Waals surface area contributed by atoms with Gasteiger partial charge in [0.25, 0.3) is 5.91 Å². The van der Waals surface area contributed by atoms with E-state index in [1.807, 2.05) is 31.2 Å². The molecule has 26 heavy (non-hydrogen) atoms. The summed E-state index contributed by atoms with van der Waals surface area (Å²) < 4.78 is 11.6. The third-order valence-electron chi connectivity index (χ3n) is 4.25. The van der Waals surface area contributed by atoms with Gasteiger partial charge in [0, 0.05) is 12.6 Å². The predicted octanol–water partition coefficient (Wildman–Crippen LogP) is 4.80. The number of hydrogen-bond donors (Lipinski definition) is 0. The molecule has 0 aliphatic rings. The SMILES string of the molecule is COc1cc(C(=O)N(C)C(C)c2nc3ccccc3s2)cc(Cl)c1OC. The van der Waals surface area contributed by atoms with Crippen molar-refractivity contribution in [1.82, 2.24) is 9.88 Å². The van der Waals surface area contributed by atoms with Crippen LogP contribution in [-0.4, -0.2) is 37.1 Å². The zero-order valence-electron chi connectivity index (χ0n) is 14.9. The summed E-state index contributed by atoms with van der Waals surface area (Å²) in [5, 5.41) is 1.21. The number of para-hydroxylation sites is 1. The molecule has 0 radical (unpaired) electrons. The fourth-order valence-corrected chi connectivity index (χ4v) is 4.01. The molecule has 0 N–H and O–H groups in total. The molecule has 2 aromatic carbocycles. The topological polar surface area (TPSA) is 51.7 Å². The van der Waals surface area contributed by atoms with Gasteiger partial charge in [0.1, 0.15) is 5.01 Å². The van der Waals surface area contributed by atoms with Crippen molar-refractivity contribution in [2.45, 2.75) is 13.0 Å². The minimum atomic E-state index is -0.174. The lowest BCUT2D eigenvalue weighted by atomic mass is 10.1. The van der Waals surface area contributed by atoms with E-state index >= 15 is 0 Å². The highest BCUT2D eigenvalue weighted by atomic mass is 35.5. The summed E-state index contributed by atoms with van der Waals surface area (Å²) >= 11 is 7.81. The van der Waals surface area contributed by atoms with Crippen LogP contribution in [0.4, 0.5) is 0 Å². The maximum atomic E-state index is 12.9. The van der Waals surface area contributed by atoms with E-state index in [0.29, 0.717) is 22.1 Å². The molecule has 1 unspecified atom stereocenters. The smallest absolute Gasteiger partial charge is 0.254 e. The molecule has 3 rings (SSSR count). The van der Waals surface area contributed by atoms with Crippen LogP contribution >= 0.6 is 22.9 Å². The molecule has 3 aromatic rings. The van der Waals surface area contributed by atoms with Crippen molar-refractivity contribution in [2.75, 3.05) is 21.3 Å². The Morgan fingerprint density at radius 1 is 1.23 bits per heavy atom. The molecular weight excluding hydrogens is 372 g/mol. The summed E-state index contributed by atoms with van der Waals surface area (Å²) in [5.74, 6) is 0.664. The molecule has 1 amide bonds. The molecule has 1 heterocycles. The van der Waals surface area contributed by atoms with E-state index in [2.05, 4.69) is 4.98 Å². The second-order valence-corrected chi connectivity index (χ2v) is 7.27. The van der Waals surface area contributed by atoms with E-state index < -0.39 is 0 Å². The van der Waals surface area contributed by atoms with Crippen LogP contribution in [0.15, 0.2) is 36.4 Å². The van der Waals surface area contributed by atoms with Crippen LogP contribution in [0.2, 0.25) is 5.02 Å². The van der Waals surface area contributed by atoms with Gasteiger partial charge in [-0.3, -0.25) is 4.79 Å². The molecule has 0 bridgehead atoms. The molecule has 0 spiro atoms. The highest BCUT2D eigenvalue weighted by Gasteiger charge is 2.24. The first-order valence-electron chi connectivity index (χ1n) is 8.00. The molecule has 0 aliphatic heterocycles. The van der Waals surface area contributed by atoms with Crippen LogP contribution in [0.5, 0.6) is 11.5 Å².